The van der Waals surface area contributed by atoms with Gasteiger partial charge in [-0.3, -0.25) is 5.32 Å². The van der Waals surface area contributed by atoms with Crippen molar-refractivity contribution in [2.75, 3.05) is 5.32 Å². The summed E-state index contributed by atoms with van der Waals surface area (Å²) in [5.74, 6) is -0.329. The summed E-state index contributed by atoms with van der Waals surface area (Å²) in [6, 6.07) is 19.4. The molecule has 1 aromatic heterocycles. The molecular weight excluding hydrogens is 352 g/mol. The lowest BCUT2D eigenvalue weighted by atomic mass is 10.1. The fraction of sp³-hybridized carbons (Fsp3) is 0. The number of guanidine groups is 1. The molecule has 3 N–H and O–H groups in total. The van der Waals surface area contributed by atoms with E-state index >= 15 is 0 Å². The van der Waals surface area contributed by atoms with E-state index in [0.29, 0.717) is 11.1 Å². The molecule has 0 aliphatic carbocycles. The second kappa shape index (κ2) is 6.16. The lowest BCUT2D eigenvalue weighted by Gasteiger charge is -2.04. The van der Waals surface area contributed by atoms with Crippen molar-refractivity contribution in [2.45, 2.75) is 4.90 Å². The van der Waals surface area contributed by atoms with Gasteiger partial charge in [0.25, 0.3) is 10.0 Å². The molecule has 1 heterocycles. The number of hydrogen-bond acceptors (Lipinski definition) is 4. The van der Waals surface area contributed by atoms with Crippen LogP contribution in [-0.2, 0) is 10.0 Å². The molecule has 4 aromatic rings. The maximum Gasteiger partial charge on any atom is 0.302 e. The number of sulfonamides is 1. The van der Waals surface area contributed by atoms with Gasteiger partial charge in [0.15, 0.2) is 5.58 Å². The minimum absolute atomic E-state index is 0.0542. The van der Waals surface area contributed by atoms with Crippen molar-refractivity contribution in [3.8, 4) is 0 Å². The number of benzene rings is 3. The van der Waals surface area contributed by atoms with Crippen LogP contribution in [0.4, 0.5) is 6.01 Å². The third kappa shape index (κ3) is 3.09. The van der Waals surface area contributed by atoms with Crippen LogP contribution >= 0.6 is 0 Å². The molecule has 0 saturated carbocycles. The molecule has 0 aliphatic rings. The van der Waals surface area contributed by atoms with Crippen LogP contribution in [0.15, 0.2) is 80.4 Å². The Morgan fingerprint density at radius 2 is 1.73 bits per heavy atom. The quantitative estimate of drug-likeness (QED) is 0.426. The van der Waals surface area contributed by atoms with E-state index in [0.717, 1.165) is 10.8 Å². The first kappa shape index (κ1) is 16.1. The number of fused-ring (bicyclic) bond motifs is 2. The molecule has 8 heteroatoms. The third-order valence-corrected chi connectivity index (χ3v) is 5.05. The van der Waals surface area contributed by atoms with Crippen LogP contribution in [0.2, 0.25) is 0 Å². The van der Waals surface area contributed by atoms with Gasteiger partial charge < -0.3 is 10.2 Å². The Morgan fingerprint density at radius 1 is 1.00 bits per heavy atom. The minimum atomic E-state index is -3.97. The second-order valence-corrected chi connectivity index (χ2v) is 7.18. The van der Waals surface area contributed by atoms with E-state index in [1.807, 2.05) is 30.3 Å². The number of nitrogens with one attached hydrogen (secondary N) is 1. The zero-order valence-electron chi connectivity index (χ0n) is 13.5. The maximum atomic E-state index is 12.5. The SMILES string of the molecule is N/C(=N\S(=O)(=O)c1ccc2ccccc2c1)Nc1nc2ccccc2o1. The molecule has 0 unspecified atom stereocenters. The molecule has 0 amide bonds. The lowest BCUT2D eigenvalue weighted by Crippen LogP contribution is -2.24. The van der Waals surface area contributed by atoms with Gasteiger partial charge in [0.1, 0.15) is 5.52 Å². The van der Waals surface area contributed by atoms with Crippen molar-refractivity contribution in [1.82, 2.24) is 4.98 Å². The summed E-state index contributed by atoms with van der Waals surface area (Å²) < 4.78 is 34.0. The van der Waals surface area contributed by atoms with E-state index in [1.54, 1.807) is 30.3 Å². The molecule has 4 rings (SSSR count). The van der Waals surface area contributed by atoms with Gasteiger partial charge in [-0.15, -0.1) is 4.40 Å². The molecule has 130 valence electrons. The van der Waals surface area contributed by atoms with Gasteiger partial charge in [-0.2, -0.15) is 13.4 Å². The van der Waals surface area contributed by atoms with Crippen molar-refractivity contribution in [1.29, 1.82) is 0 Å². The molecule has 26 heavy (non-hydrogen) atoms. The summed E-state index contributed by atoms with van der Waals surface area (Å²) in [5.41, 5.74) is 6.90. The number of nitrogens with two attached hydrogens (primary N) is 1. The van der Waals surface area contributed by atoms with Gasteiger partial charge in [-0.25, -0.2) is 0 Å². The van der Waals surface area contributed by atoms with Crippen molar-refractivity contribution < 1.29 is 12.8 Å². The number of aromatic nitrogens is 1. The smallest absolute Gasteiger partial charge is 0.302 e. The van der Waals surface area contributed by atoms with Crippen molar-refractivity contribution in [2.24, 2.45) is 10.1 Å². The Balaban J connectivity index is 1.63. The van der Waals surface area contributed by atoms with E-state index in [1.165, 1.54) is 6.07 Å². The molecule has 0 spiro atoms. The zero-order valence-corrected chi connectivity index (χ0v) is 14.3. The van der Waals surface area contributed by atoms with Crippen LogP contribution in [0, 0.1) is 0 Å². The summed E-state index contributed by atoms with van der Waals surface area (Å²) in [7, 11) is -3.97. The summed E-state index contributed by atoms with van der Waals surface area (Å²) in [6.45, 7) is 0. The fourth-order valence-corrected chi connectivity index (χ4v) is 3.49. The summed E-state index contributed by atoms with van der Waals surface area (Å²) in [6.07, 6.45) is 0. The van der Waals surface area contributed by atoms with Crippen LogP contribution in [-0.4, -0.2) is 19.4 Å². The van der Waals surface area contributed by atoms with Crippen molar-refractivity contribution in [3.05, 3.63) is 66.7 Å². The van der Waals surface area contributed by atoms with E-state index in [2.05, 4.69) is 14.7 Å². The molecule has 0 radical (unpaired) electrons. The Bertz CT molecular complexity index is 1210. The maximum absolute atomic E-state index is 12.5. The normalized spacial score (nSPS) is 12.5. The molecule has 0 saturated heterocycles. The second-order valence-electron chi connectivity index (χ2n) is 5.57. The Kier molecular flexibility index (Phi) is 3.81. The topological polar surface area (TPSA) is 111 Å². The predicted molar refractivity (Wildman–Crippen MR) is 100 cm³/mol. The van der Waals surface area contributed by atoms with E-state index < -0.39 is 10.0 Å². The first-order chi connectivity index (χ1) is 12.5. The van der Waals surface area contributed by atoms with Gasteiger partial charge in [-0.05, 0) is 35.0 Å². The highest BCUT2D eigenvalue weighted by Gasteiger charge is 2.15. The highest BCUT2D eigenvalue weighted by Crippen LogP contribution is 2.21. The Hall–Kier alpha value is -3.39. The van der Waals surface area contributed by atoms with Crippen LogP contribution in [0.3, 0.4) is 0 Å². The van der Waals surface area contributed by atoms with Crippen molar-refractivity contribution in [3.63, 3.8) is 0 Å². The highest BCUT2D eigenvalue weighted by atomic mass is 32.2. The molecule has 0 fully saturated rings. The minimum Gasteiger partial charge on any atom is -0.423 e. The van der Waals surface area contributed by atoms with E-state index in [4.69, 9.17) is 10.2 Å². The number of rotatable bonds is 3. The number of anilines is 1. The first-order valence-corrected chi connectivity index (χ1v) is 9.17. The molecular formula is C18H14N4O3S. The molecule has 0 aliphatic heterocycles. The van der Waals surface area contributed by atoms with Crippen LogP contribution in [0.5, 0.6) is 0 Å². The van der Waals surface area contributed by atoms with Crippen LogP contribution < -0.4 is 11.1 Å². The number of oxazole rings is 1. The standard InChI is InChI=1S/C18H14N4O3S/c19-17(21-18-20-15-7-3-4-8-16(15)25-18)22-26(23,24)14-10-9-12-5-1-2-6-13(12)11-14/h1-11H,(H3,19,20,21,22). The lowest BCUT2D eigenvalue weighted by molar-refractivity contribution is 0.598. The zero-order chi connectivity index (χ0) is 18.1. The monoisotopic (exact) mass is 366 g/mol. The summed E-state index contributed by atoms with van der Waals surface area (Å²) in [5, 5.41) is 4.30. The molecule has 7 nitrogen and oxygen atoms in total. The third-order valence-electron chi connectivity index (χ3n) is 3.77. The van der Waals surface area contributed by atoms with Gasteiger partial charge in [0.05, 0.1) is 4.90 Å². The fourth-order valence-electron chi connectivity index (χ4n) is 2.57. The van der Waals surface area contributed by atoms with Gasteiger partial charge in [0.2, 0.25) is 5.96 Å². The largest absolute Gasteiger partial charge is 0.423 e. The van der Waals surface area contributed by atoms with Crippen molar-refractivity contribution >= 4 is 43.9 Å². The van der Waals surface area contributed by atoms with E-state index in [9.17, 15) is 8.42 Å². The van der Waals surface area contributed by atoms with E-state index in [-0.39, 0.29) is 16.9 Å². The average Bonchev–Trinajstić information content (AvgIpc) is 3.02. The van der Waals surface area contributed by atoms with Crippen LogP contribution in [0.1, 0.15) is 0 Å². The van der Waals surface area contributed by atoms with Gasteiger partial charge in [-0.1, -0.05) is 42.5 Å². The summed E-state index contributed by atoms with van der Waals surface area (Å²) >= 11 is 0. The first-order valence-electron chi connectivity index (χ1n) is 7.73. The molecule has 3 aromatic carbocycles. The average molecular weight is 366 g/mol. The van der Waals surface area contributed by atoms with Crippen LogP contribution in [0.25, 0.3) is 21.9 Å². The van der Waals surface area contributed by atoms with Gasteiger partial charge >= 0.3 is 6.01 Å². The molecule has 0 bridgehead atoms. The molecule has 0 atom stereocenters. The highest BCUT2D eigenvalue weighted by molar-refractivity contribution is 7.90. The number of nitrogens with zero attached hydrogens (tertiary/aromatic N) is 2. The number of para-hydroxylation sites is 2. The Morgan fingerprint density at radius 3 is 2.54 bits per heavy atom. The summed E-state index contributed by atoms with van der Waals surface area (Å²) in [4.78, 5) is 4.22. The Labute approximate surface area is 149 Å². The predicted octanol–water partition coefficient (Wildman–Crippen LogP) is 3.10. The number of hydrogen-bond donors (Lipinski definition) is 2. The van der Waals surface area contributed by atoms with Gasteiger partial charge in [0, 0.05) is 0 Å².